The fraction of sp³-hybridized carbons (Fsp3) is 0.444. The van der Waals surface area contributed by atoms with Crippen molar-refractivity contribution in [1.82, 2.24) is 24.2 Å². The number of carbonyl (C=O) groups excluding carboxylic acids is 1. The van der Waals surface area contributed by atoms with Gasteiger partial charge >= 0.3 is 0 Å². The molecule has 3 aromatic heterocycles. The minimum atomic E-state index is -0.179. The van der Waals surface area contributed by atoms with Crippen LogP contribution in [0.25, 0.3) is 5.65 Å². The summed E-state index contributed by atoms with van der Waals surface area (Å²) in [4.78, 5) is 30.3. The van der Waals surface area contributed by atoms with Crippen molar-refractivity contribution in [2.75, 3.05) is 63.7 Å². The van der Waals surface area contributed by atoms with E-state index in [-0.39, 0.29) is 17.7 Å². The number of halogens is 1. The van der Waals surface area contributed by atoms with Crippen LogP contribution in [0.4, 0.5) is 21.0 Å². The number of thiazole rings is 1. The number of amides is 1. The fourth-order valence-electron chi connectivity index (χ4n) is 4.85. The van der Waals surface area contributed by atoms with Crippen molar-refractivity contribution in [2.24, 2.45) is 0 Å². The molecule has 0 N–H and O–H groups in total. The van der Waals surface area contributed by atoms with Crippen molar-refractivity contribution in [3.63, 3.8) is 0 Å². The highest BCUT2D eigenvalue weighted by Gasteiger charge is 2.23. The van der Waals surface area contributed by atoms with Gasteiger partial charge in [0.05, 0.1) is 23.6 Å². The summed E-state index contributed by atoms with van der Waals surface area (Å²) in [5.74, 6) is 1.08. The van der Waals surface area contributed by atoms with Gasteiger partial charge in [0.25, 0.3) is 0 Å². The highest BCUT2D eigenvalue weighted by molar-refractivity contribution is 7.13. The summed E-state index contributed by atoms with van der Waals surface area (Å²) in [6.07, 6.45) is 8.64. The number of allylic oxidation sites excluding steroid dienone is 4. The summed E-state index contributed by atoms with van der Waals surface area (Å²) in [6, 6.07) is 4.21. The van der Waals surface area contributed by atoms with Gasteiger partial charge in [-0.05, 0) is 37.1 Å². The predicted molar refractivity (Wildman–Crippen MR) is 148 cm³/mol. The molecular formula is C27H34FN7OS. The second-order valence-corrected chi connectivity index (χ2v) is 10.6. The SMILES string of the molecule is CCc1nc2ccc(N3CCN(CC(=O)N(C)C)CC3)cn2c1N(C)c1nc(C2C=CC(F)=CC2)cs1. The number of anilines is 3. The van der Waals surface area contributed by atoms with Gasteiger partial charge in [0.15, 0.2) is 5.13 Å². The van der Waals surface area contributed by atoms with E-state index in [0.29, 0.717) is 13.0 Å². The van der Waals surface area contributed by atoms with E-state index in [1.807, 2.05) is 13.1 Å². The molecule has 37 heavy (non-hydrogen) atoms. The summed E-state index contributed by atoms with van der Waals surface area (Å²) in [7, 11) is 5.64. The molecule has 0 spiro atoms. The van der Waals surface area contributed by atoms with Crippen LogP contribution < -0.4 is 9.80 Å². The number of carbonyl (C=O) groups is 1. The van der Waals surface area contributed by atoms with Gasteiger partial charge in [-0.2, -0.15) is 0 Å². The molecule has 3 aromatic rings. The third-order valence-corrected chi connectivity index (χ3v) is 8.06. The normalized spacial score (nSPS) is 18.4. The zero-order valence-electron chi connectivity index (χ0n) is 21.9. The lowest BCUT2D eigenvalue weighted by Crippen LogP contribution is -2.49. The van der Waals surface area contributed by atoms with Crippen LogP contribution in [0.1, 0.15) is 30.7 Å². The van der Waals surface area contributed by atoms with E-state index in [0.717, 1.165) is 66.3 Å². The van der Waals surface area contributed by atoms with E-state index in [1.165, 1.54) is 6.08 Å². The third-order valence-electron chi connectivity index (χ3n) is 7.13. The molecule has 1 aliphatic carbocycles. The van der Waals surface area contributed by atoms with Crippen molar-refractivity contribution in [3.8, 4) is 0 Å². The number of hydrogen-bond acceptors (Lipinski definition) is 7. The Hall–Kier alpha value is -3.24. The molecule has 1 atom stereocenters. The lowest BCUT2D eigenvalue weighted by atomic mass is 9.98. The van der Waals surface area contributed by atoms with Crippen LogP contribution in [0.5, 0.6) is 0 Å². The van der Waals surface area contributed by atoms with Gasteiger partial charge in [-0.15, -0.1) is 11.3 Å². The standard InChI is InChI=1S/C27H34FN7OS/c1-5-22-26(32(4)27-30-23(18-37-27)19-6-8-20(28)9-7-19)35-16-21(10-11-24(35)29-22)34-14-12-33(13-15-34)17-25(36)31(2)3/h6,8-11,16,18-19H,5,7,12-15,17H2,1-4H3. The number of hydrogen-bond donors (Lipinski definition) is 0. The van der Waals surface area contributed by atoms with Gasteiger partial charge in [-0.3, -0.25) is 14.1 Å². The maximum absolute atomic E-state index is 13.4. The van der Waals surface area contributed by atoms with Crippen molar-refractivity contribution in [1.29, 1.82) is 0 Å². The molecule has 1 aliphatic heterocycles. The first-order valence-corrected chi connectivity index (χ1v) is 13.6. The summed E-state index contributed by atoms with van der Waals surface area (Å²) in [6.45, 7) is 6.03. The number of nitrogens with zero attached hydrogens (tertiary/aromatic N) is 7. The topological polar surface area (TPSA) is 60.2 Å². The van der Waals surface area contributed by atoms with E-state index in [2.05, 4.69) is 49.7 Å². The van der Waals surface area contributed by atoms with E-state index in [1.54, 1.807) is 36.4 Å². The number of imidazole rings is 1. The maximum atomic E-state index is 13.4. The van der Waals surface area contributed by atoms with Crippen molar-refractivity contribution >= 4 is 39.5 Å². The Bertz CT molecular complexity index is 1340. The first-order chi connectivity index (χ1) is 17.8. The summed E-state index contributed by atoms with van der Waals surface area (Å²) in [5.41, 5.74) is 4.03. The highest BCUT2D eigenvalue weighted by Crippen LogP contribution is 2.35. The molecule has 10 heteroatoms. The van der Waals surface area contributed by atoms with Crippen LogP contribution in [-0.4, -0.2) is 83.9 Å². The van der Waals surface area contributed by atoms with Gasteiger partial charge in [0, 0.05) is 64.8 Å². The molecule has 0 saturated carbocycles. The smallest absolute Gasteiger partial charge is 0.236 e. The Kier molecular flexibility index (Phi) is 7.30. The van der Waals surface area contributed by atoms with E-state index in [4.69, 9.17) is 9.97 Å². The Labute approximate surface area is 221 Å². The number of aryl methyl sites for hydroxylation is 1. The number of rotatable bonds is 7. The molecule has 1 amide bonds. The Morgan fingerprint density at radius 3 is 2.62 bits per heavy atom. The Balaban J connectivity index is 1.37. The van der Waals surface area contributed by atoms with E-state index < -0.39 is 0 Å². The van der Waals surface area contributed by atoms with Gasteiger partial charge in [0.1, 0.15) is 17.3 Å². The van der Waals surface area contributed by atoms with Crippen molar-refractivity contribution < 1.29 is 9.18 Å². The molecule has 0 bridgehead atoms. The summed E-state index contributed by atoms with van der Waals surface area (Å²) < 4.78 is 15.6. The minimum Gasteiger partial charge on any atom is -0.368 e. The molecule has 2 aliphatic rings. The monoisotopic (exact) mass is 523 g/mol. The maximum Gasteiger partial charge on any atom is 0.236 e. The molecule has 5 rings (SSSR count). The van der Waals surface area contributed by atoms with Crippen LogP contribution in [0.3, 0.4) is 0 Å². The fourth-order valence-corrected chi connectivity index (χ4v) is 5.71. The van der Waals surface area contributed by atoms with Gasteiger partial charge in [-0.1, -0.05) is 13.0 Å². The molecule has 4 heterocycles. The van der Waals surface area contributed by atoms with Crippen molar-refractivity contribution in [2.45, 2.75) is 25.7 Å². The third kappa shape index (κ3) is 5.26. The largest absolute Gasteiger partial charge is 0.368 e. The Morgan fingerprint density at radius 1 is 1.16 bits per heavy atom. The van der Waals surface area contributed by atoms with Gasteiger partial charge in [-0.25, -0.2) is 14.4 Å². The highest BCUT2D eigenvalue weighted by atomic mass is 32.1. The minimum absolute atomic E-state index is 0.101. The molecule has 1 saturated heterocycles. The molecular weight excluding hydrogens is 489 g/mol. The summed E-state index contributed by atoms with van der Waals surface area (Å²) >= 11 is 1.60. The molecule has 1 unspecified atom stereocenters. The molecule has 196 valence electrons. The number of fused-ring (bicyclic) bond motifs is 1. The average Bonchev–Trinajstić information content (AvgIpc) is 3.54. The predicted octanol–water partition coefficient (Wildman–Crippen LogP) is 4.23. The van der Waals surface area contributed by atoms with Crippen LogP contribution in [0.15, 0.2) is 47.8 Å². The van der Waals surface area contributed by atoms with Gasteiger partial charge in [0.2, 0.25) is 5.91 Å². The molecule has 0 radical (unpaired) electrons. The number of piperazine rings is 1. The zero-order valence-corrected chi connectivity index (χ0v) is 22.7. The van der Waals surface area contributed by atoms with Crippen LogP contribution in [0, 0.1) is 0 Å². The van der Waals surface area contributed by atoms with Crippen LogP contribution in [-0.2, 0) is 11.2 Å². The second-order valence-electron chi connectivity index (χ2n) is 9.81. The lowest BCUT2D eigenvalue weighted by Gasteiger charge is -2.36. The summed E-state index contributed by atoms with van der Waals surface area (Å²) in [5, 5.41) is 2.96. The van der Waals surface area contributed by atoms with E-state index in [9.17, 15) is 9.18 Å². The lowest BCUT2D eigenvalue weighted by molar-refractivity contribution is -0.129. The van der Waals surface area contributed by atoms with Crippen LogP contribution in [0.2, 0.25) is 0 Å². The molecule has 0 aromatic carbocycles. The first-order valence-electron chi connectivity index (χ1n) is 12.8. The number of pyridine rings is 1. The average molecular weight is 524 g/mol. The van der Waals surface area contributed by atoms with Crippen LogP contribution >= 0.6 is 11.3 Å². The Morgan fingerprint density at radius 2 is 1.95 bits per heavy atom. The second kappa shape index (κ2) is 10.6. The number of aromatic nitrogens is 3. The first kappa shape index (κ1) is 25.4. The van der Waals surface area contributed by atoms with Crippen molar-refractivity contribution in [3.05, 3.63) is 59.2 Å². The van der Waals surface area contributed by atoms with E-state index >= 15 is 0 Å². The van der Waals surface area contributed by atoms with Gasteiger partial charge < -0.3 is 14.7 Å². The molecule has 8 nitrogen and oxygen atoms in total. The zero-order chi connectivity index (χ0) is 26.1. The molecule has 1 fully saturated rings. The quantitative estimate of drug-likeness (QED) is 0.462. The number of likely N-dealkylation sites (N-methyl/N-ethyl adjacent to an activating group) is 1.